The molecule has 0 radical (unpaired) electrons. The van der Waals surface area contributed by atoms with Gasteiger partial charge in [0.05, 0.1) is 6.42 Å². The van der Waals surface area contributed by atoms with Crippen LogP contribution < -0.4 is 4.74 Å². The lowest BCUT2D eigenvalue weighted by Gasteiger charge is -2.18. The van der Waals surface area contributed by atoms with E-state index in [1.54, 1.807) is 24.3 Å². The van der Waals surface area contributed by atoms with Crippen molar-refractivity contribution < 1.29 is 13.5 Å². The Bertz CT molecular complexity index is 687. The Morgan fingerprint density at radius 1 is 0.793 bits per heavy atom. The minimum atomic E-state index is -3.13. The van der Waals surface area contributed by atoms with Crippen molar-refractivity contribution in [3.8, 4) is 17.1 Å². The van der Waals surface area contributed by atoms with E-state index in [1.165, 1.54) is 32.1 Å². The zero-order chi connectivity index (χ0) is 21.0. The van der Waals surface area contributed by atoms with E-state index in [-0.39, 0.29) is 12.2 Å². The van der Waals surface area contributed by atoms with Crippen molar-refractivity contribution in [1.82, 2.24) is 9.97 Å². The van der Waals surface area contributed by atoms with E-state index in [9.17, 15) is 8.78 Å². The van der Waals surface area contributed by atoms with Gasteiger partial charge in [0, 0.05) is 18.0 Å². The van der Waals surface area contributed by atoms with Gasteiger partial charge in [-0.1, -0.05) is 58.8 Å². The molecule has 0 fully saturated rings. The number of alkyl halides is 2. The Balaban J connectivity index is 1.83. The topological polar surface area (TPSA) is 35.0 Å². The molecular weight excluding hydrogens is 370 g/mol. The van der Waals surface area contributed by atoms with E-state index in [1.807, 2.05) is 19.3 Å². The molecule has 2 aromatic rings. The first-order valence-corrected chi connectivity index (χ1v) is 11.0. The molecule has 0 amide bonds. The van der Waals surface area contributed by atoms with Gasteiger partial charge >= 0.3 is 6.11 Å². The Labute approximate surface area is 173 Å². The number of ether oxygens (including phenoxy) is 1. The van der Waals surface area contributed by atoms with Gasteiger partial charge in [0.15, 0.2) is 5.82 Å². The van der Waals surface area contributed by atoms with Gasteiger partial charge in [-0.15, -0.1) is 0 Å². The normalized spacial score (nSPS) is 11.6. The Morgan fingerprint density at radius 2 is 1.38 bits per heavy atom. The molecule has 0 atom stereocenters. The quantitative estimate of drug-likeness (QED) is 0.304. The van der Waals surface area contributed by atoms with Crippen molar-refractivity contribution in [2.75, 3.05) is 0 Å². The molecule has 3 nitrogen and oxygen atoms in total. The van der Waals surface area contributed by atoms with E-state index in [2.05, 4.69) is 16.9 Å². The second-order valence-corrected chi connectivity index (χ2v) is 7.65. The van der Waals surface area contributed by atoms with Gasteiger partial charge in [0.2, 0.25) is 0 Å². The van der Waals surface area contributed by atoms with Crippen LogP contribution in [0.15, 0.2) is 36.7 Å². The van der Waals surface area contributed by atoms with Crippen LogP contribution in [0.4, 0.5) is 8.78 Å². The summed E-state index contributed by atoms with van der Waals surface area (Å²) in [5, 5.41) is 0. The lowest BCUT2D eigenvalue weighted by molar-refractivity contribution is -0.181. The number of benzene rings is 1. The Kier molecular flexibility index (Phi) is 10.0. The van der Waals surface area contributed by atoms with Crippen molar-refractivity contribution in [3.63, 3.8) is 0 Å². The summed E-state index contributed by atoms with van der Waals surface area (Å²) in [6, 6.07) is 6.55. The van der Waals surface area contributed by atoms with E-state index >= 15 is 0 Å². The molecule has 0 saturated carbocycles. The predicted octanol–water partition coefficient (Wildman–Crippen LogP) is 7.60. The minimum absolute atomic E-state index is 0.162. The second kappa shape index (κ2) is 12.5. The van der Waals surface area contributed by atoms with Gasteiger partial charge in [-0.2, -0.15) is 8.78 Å². The minimum Gasteiger partial charge on any atom is -0.433 e. The highest BCUT2D eigenvalue weighted by atomic mass is 19.3. The summed E-state index contributed by atoms with van der Waals surface area (Å²) >= 11 is 0. The molecule has 5 heteroatoms. The molecule has 2 rings (SSSR count). The fourth-order valence-electron chi connectivity index (χ4n) is 3.22. The summed E-state index contributed by atoms with van der Waals surface area (Å²) in [6.45, 7) is 4.21. The summed E-state index contributed by atoms with van der Waals surface area (Å²) in [5.41, 5.74) is 1.92. The van der Waals surface area contributed by atoms with Gasteiger partial charge < -0.3 is 4.74 Å². The standard InChI is InChI=1S/C24H34F2N2O/c1-3-5-7-8-9-10-12-20-18-27-23(28-19-20)21-13-15-22(16-14-21)29-24(25,26)17-11-6-4-2/h13-16,18-19H,3-12,17H2,1-2H3. The van der Waals surface area contributed by atoms with Crippen LogP contribution in [0.5, 0.6) is 5.75 Å². The number of hydrogen-bond donors (Lipinski definition) is 0. The fourth-order valence-corrected chi connectivity index (χ4v) is 3.22. The van der Waals surface area contributed by atoms with Gasteiger partial charge in [-0.25, -0.2) is 9.97 Å². The van der Waals surface area contributed by atoms with Crippen LogP contribution in [0, 0.1) is 0 Å². The Morgan fingerprint density at radius 3 is 2.03 bits per heavy atom. The maximum Gasteiger partial charge on any atom is 0.397 e. The van der Waals surface area contributed by atoms with E-state index in [0.717, 1.165) is 36.8 Å². The number of hydrogen-bond acceptors (Lipinski definition) is 3. The van der Waals surface area contributed by atoms with E-state index < -0.39 is 6.11 Å². The van der Waals surface area contributed by atoms with Crippen molar-refractivity contribution in [3.05, 3.63) is 42.2 Å². The molecule has 0 N–H and O–H groups in total. The van der Waals surface area contributed by atoms with Gasteiger partial charge in [0.25, 0.3) is 0 Å². The number of rotatable bonds is 14. The third kappa shape index (κ3) is 8.88. The molecule has 29 heavy (non-hydrogen) atoms. The first-order valence-electron chi connectivity index (χ1n) is 11.0. The first-order chi connectivity index (χ1) is 14.0. The largest absolute Gasteiger partial charge is 0.433 e. The maximum absolute atomic E-state index is 13.8. The van der Waals surface area contributed by atoms with E-state index in [0.29, 0.717) is 12.2 Å². The summed E-state index contributed by atoms with van der Waals surface area (Å²) < 4.78 is 32.5. The zero-order valence-electron chi connectivity index (χ0n) is 17.8. The van der Waals surface area contributed by atoms with Crippen LogP contribution in [-0.2, 0) is 6.42 Å². The monoisotopic (exact) mass is 404 g/mol. The smallest absolute Gasteiger partial charge is 0.397 e. The van der Waals surface area contributed by atoms with Crippen molar-refractivity contribution in [2.45, 2.75) is 90.6 Å². The molecule has 0 aliphatic heterocycles. The van der Waals surface area contributed by atoms with Crippen molar-refractivity contribution in [1.29, 1.82) is 0 Å². The highest BCUT2D eigenvalue weighted by Crippen LogP contribution is 2.28. The van der Waals surface area contributed by atoms with Crippen molar-refractivity contribution >= 4 is 0 Å². The van der Waals surface area contributed by atoms with Crippen LogP contribution >= 0.6 is 0 Å². The second-order valence-electron chi connectivity index (χ2n) is 7.65. The number of nitrogens with zero attached hydrogens (tertiary/aromatic N) is 2. The molecule has 0 unspecified atom stereocenters. The maximum atomic E-state index is 13.8. The van der Waals surface area contributed by atoms with Gasteiger partial charge in [-0.3, -0.25) is 0 Å². The SMILES string of the molecule is CCCCCCCCc1cnc(-c2ccc(OC(F)(F)CCCCC)cc2)nc1. The molecule has 0 aliphatic rings. The summed E-state index contributed by atoms with van der Waals surface area (Å²) in [4.78, 5) is 8.86. The lowest BCUT2D eigenvalue weighted by atomic mass is 10.1. The molecule has 1 aromatic carbocycles. The van der Waals surface area contributed by atoms with Crippen LogP contribution in [0.3, 0.4) is 0 Å². The van der Waals surface area contributed by atoms with Gasteiger partial charge in [0.1, 0.15) is 5.75 Å². The number of unbranched alkanes of at least 4 members (excludes halogenated alkanes) is 7. The molecule has 0 saturated heterocycles. The molecule has 0 bridgehead atoms. The van der Waals surface area contributed by atoms with Crippen LogP contribution in [0.1, 0.15) is 83.6 Å². The molecule has 1 aromatic heterocycles. The third-order valence-corrected chi connectivity index (χ3v) is 4.98. The molecule has 1 heterocycles. The third-order valence-electron chi connectivity index (χ3n) is 4.98. The van der Waals surface area contributed by atoms with Crippen LogP contribution in [-0.4, -0.2) is 16.1 Å². The molecular formula is C24H34F2N2O. The number of aryl methyl sites for hydroxylation is 1. The summed E-state index contributed by atoms with van der Waals surface area (Å²) in [7, 11) is 0. The average molecular weight is 405 g/mol. The Hall–Kier alpha value is -2.04. The van der Waals surface area contributed by atoms with Gasteiger partial charge in [-0.05, 0) is 49.1 Å². The predicted molar refractivity (Wildman–Crippen MR) is 114 cm³/mol. The molecule has 0 aliphatic carbocycles. The average Bonchev–Trinajstić information content (AvgIpc) is 2.71. The highest BCUT2D eigenvalue weighted by molar-refractivity contribution is 5.55. The zero-order valence-corrected chi connectivity index (χ0v) is 17.8. The summed E-state index contributed by atoms with van der Waals surface area (Å²) in [6.07, 6.45) is 11.1. The number of aromatic nitrogens is 2. The van der Waals surface area contributed by atoms with Crippen LogP contribution in [0.2, 0.25) is 0 Å². The highest BCUT2D eigenvalue weighted by Gasteiger charge is 2.30. The molecule has 160 valence electrons. The van der Waals surface area contributed by atoms with Crippen molar-refractivity contribution in [2.24, 2.45) is 0 Å². The fraction of sp³-hybridized carbons (Fsp3) is 0.583. The van der Waals surface area contributed by atoms with E-state index in [4.69, 9.17) is 4.74 Å². The lowest BCUT2D eigenvalue weighted by Crippen LogP contribution is -2.24. The van der Waals surface area contributed by atoms with Crippen LogP contribution in [0.25, 0.3) is 11.4 Å². The summed E-state index contributed by atoms with van der Waals surface area (Å²) in [5.74, 6) is 0.757. The molecule has 0 spiro atoms. The number of halogens is 2. The first kappa shape index (κ1) is 23.2.